The molecular formula is C16H19FN2O. The zero-order chi connectivity index (χ0) is 13.9. The van der Waals surface area contributed by atoms with Crippen molar-refractivity contribution in [1.82, 2.24) is 4.98 Å². The van der Waals surface area contributed by atoms with E-state index in [1.165, 1.54) is 38.2 Å². The van der Waals surface area contributed by atoms with Crippen molar-refractivity contribution in [3.05, 3.63) is 30.2 Å². The zero-order valence-electron chi connectivity index (χ0n) is 11.4. The highest BCUT2D eigenvalue weighted by Gasteiger charge is 2.17. The number of nitrogens with two attached hydrogens (primary N) is 1. The summed E-state index contributed by atoms with van der Waals surface area (Å²) in [6.07, 6.45) is 7.77. The number of nitrogen functional groups attached to an aromatic ring is 1. The molecule has 1 fully saturated rings. The third-order valence-corrected chi connectivity index (χ3v) is 4.02. The summed E-state index contributed by atoms with van der Waals surface area (Å²) in [5, 5.41) is 0.743. The Morgan fingerprint density at radius 3 is 2.90 bits per heavy atom. The smallest absolute Gasteiger partial charge is 0.181 e. The van der Waals surface area contributed by atoms with Crippen molar-refractivity contribution >= 4 is 16.6 Å². The van der Waals surface area contributed by atoms with Crippen LogP contribution in [0.25, 0.3) is 10.9 Å². The number of fused-ring (bicyclic) bond motifs is 1. The summed E-state index contributed by atoms with van der Waals surface area (Å²) < 4.78 is 19.8. The first kappa shape index (κ1) is 13.2. The lowest BCUT2D eigenvalue weighted by atomic mass is 9.90. The molecule has 1 aliphatic rings. The lowest BCUT2D eigenvalue weighted by molar-refractivity contribution is 0.204. The molecule has 0 bridgehead atoms. The Labute approximate surface area is 118 Å². The van der Waals surface area contributed by atoms with Crippen molar-refractivity contribution in [2.45, 2.75) is 32.1 Å². The van der Waals surface area contributed by atoms with Crippen LogP contribution in [0.4, 0.5) is 10.1 Å². The van der Waals surface area contributed by atoms with E-state index in [1.54, 1.807) is 12.3 Å². The second-order valence-electron chi connectivity index (χ2n) is 5.49. The number of pyridine rings is 1. The lowest BCUT2D eigenvalue weighted by Gasteiger charge is -2.22. The fourth-order valence-electron chi connectivity index (χ4n) is 2.90. The number of nitrogens with zero attached hydrogens (tertiary/aromatic N) is 1. The standard InChI is InChI=1S/C16H19FN2O/c17-13-9-14(18)12-7-4-8-19-15(12)16(13)20-10-11-5-2-1-3-6-11/h4,7-9,11H,1-3,5-6,10,18H2. The number of hydrogen-bond donors (Lipinski definition) is 1. The molecule has 1 aliphatic carbocycles. The van der Waals surface area contributed by atoms with Crippen molar-refractivity contribution < 1.29 is 9.13 Å². The SMILES string of the molecule is Nc1cc(F)c(OCC2CCCCC2)c2ncccc12. The molecule has 0 atom stereocenters. The first-order valence-electron chi connectivity index (χ1n) is 7.21. The molecule has 0 amide bonds. The van der Waals surface area contributed by atoms with E-state index in [-0.39, 0.29) is 5.75 Å². The van der Waals surface area contributed by atoms with E-state index in [9.17, 15) is 4.39 Å². The van der Waals surface area contributed by atoms with Gasteiger partial charge in [-0.05, 0) is 30.9 Å². The lowest BCUT2D eigenvalue weighted by Crippen LogP contribution is -2.16. The van der Waals surface area contributed by atoms with Gasteiger partial charge in [0.05, 0.1) is 6.61 Å². The van der Waals surface area contributed by atoms with Gasteiger partial charge in [0.1, 0.15) is 5.52 Å². The number of benzene rings is 1. The Balaban J connectivity index is 1.86. The summed E-state index contributed by atoms with van der Waals surface area (Å²) >= 11 is 0. The molecule has 1 saturated carbocycles. The topological polar surface area (TPSA) is 48.1 Å². The highest BCUT2D eigenvalue weighted by atomic mass is 19.1. The molecule has 1 heterocycles. The number of aromatic nitrogens is 1. The van der Waals surface area contributed by atoms with Gasteiger partial charge in [-0.1, -0.05) is 19.3 Å². The molecule has 0 unspecified atom stereocenters. The predicted molar refractivity (Wildman–Crippen MR) is 78.2 cm³/mol. The maximum Gasteiger partial charge on any atom is 0.181 e. The normalized spacial score (nSPS) is 16.4. The van der Waals surface area contributed by atoms with Crippen LogP contribution in [0.5, 0.6) is 5.75 Å². The molecule has 2 aromatic rings. The van der Waals surface area contributed by atoms with Crippen LogP contribution in [0.3, 0.4) is 0 Å². The first-order valence-corrected chi connectivity index (χ1v) is 7.21. The molecule has 106 valence electrons. The van der Waals surface area contributed by atoms with E-state index >= 15 is 0 Å². The van der Waals surface area contributed by atoms with Gasteiger partial charge in [-0.25, -0.2) is 4.39 Å². The fraction of sp³-hybridized carbons (Fsp3) is 0.438. The number of anilines is 1. The van der Waals surface area contributed by atoms with Crippen molar-refractivity contribution in [3.63, 3.8) is 0 Å². The number of rotatable bonds is 3. The molecular weight excluding hydrogens is 255 g/mol. The van der Waals surface area contributed by atoms with Crippen LogP contribution < -0.4 is 10.5 Å². The van der Waals surface area contributed by atoms with Gasteiger partial charge >= 0.3 is 0 Å². The van der Waals surface area contributed by atoms with E-state index in [2.05, 4.69) is 4.98 Å². The first-order chi connectivity index (χ1) is 9.75. The Morgan fingerprint density at radius 2 is 2.10 bits per heavy atom. The Bertz CT molecular complexity index is 609. The minimum atomic E-state index is -0.426. The maximum atomic E-state index is 14.1. The summed E-state index contributed by atoms with van der Waals surface area (Å²) in [6, 6.07) is 4.95. The van der Waals surface area contributed by atoms with Crippen molar-refractivity contribution in [1.29, 1.82) is 0 Å². The average Bonchev–Trinajstić information content (AvgIpc) is 2.48. The van der Waals surface area contributed by atoms with Crippen molar-refractivity contribution in [3.8, 4) is 5.75 Å². The van der Waals surface area contributed by atoms with Gasteiger partial charge in [-0.3, -0.25) is 4.98 Å². The van der Waals surface area contributed by atoms with Crippen LogP contribution >= 0.6 is 0 Å². The molecule has 20 heavy (non-hydrogen) atoms. The number of ether oxygens (including phenoxy) is 1. The minimum Gasteiger partial charge on any atom is -0.488 e. The Kier molecular flexibility index (Phi) is 3.72. The molecule has 3 nitrogen and oxygen atoms in total. The summed E-state index contributed by atoms with van der Waals surface area (Å²) in [4.78, 5) is 4.22. The molecule has 1 aromatic heterocycles. The van der Waals surface area contributed by atoms with Crippen LogP contribution in [0.1, 0.15) is 32.1 Å². The molecule has 0 aliphatic heterocycles. The second kappa shape index (κ2) is 5.65. The second-order valence-corrected chi connectivity index (χ2v) is 5.49. The van der Waals surface area contributed by atoms with Gasteiger partial charge in [0.25, 0.3) is 0 Å². The molecule has 0 radical (unpaired) electrons. The quantitative estimate of drug-likeness (QED) is 0.863. The van der Waals surface area contributed by atoms with Gasteiger partial charge in [-0.2, -0.15) is 0 Å². The average molecular weight is 274 g/mol. The van der Waals surface area contributed by atoms with Crippen molar-refractivity contribution in [2.24, 2.45) is 5.92 Å². The van der Waals surface area contributed by atoms with E-state index < -0.39 is 5.82 Å². The molecule has 3 rings (SSSR count). The van der Waals surface area contributed by atoms with Gasteiger partial charge in [0.15, 0.2) is 11.6 Å². The molecule has 1 aromatic carbocycles. The van der Waals surface area contributed by atoms with Gasteiger partial charge in [0.2, 0.25) is 0 Å². The summed E-state index contributed by atoms with van der Waals surface area (Å²) in [7, 11) is 0. The van der Waals surface area contributed by atoms with Crippen LogP contribution in [-0.2, 0) is 0 Å². The van der Waals surface area contributed by atoms with E-state index in [4.69, 9.17) is 10.5 Å². The van der Waals surface area contributed by atoms with E-state index in [0.29, 0.717) is 23.7 Å². The third kappa shape index (κ3) is 2.55. The predicted octanol–water partition coefficient (Wildman–Crippen LogP) is 3.92. The van der Waals surface area contributed by atoms with Gasteiger partial charge < -0.3 is 10.5 Å². The Hall–Kier alpha value is -1.84. The monoisotopic (exact) mass is 274 g/mol. The molecule has 0 spiro atoms. The minimum absolute atomic E-state index is 0.236. The van der Waals surface area contributed by atoms with Crippen LogP contribution in [-0.4, -0.2) is 11.6 Å². The highest BCUT2D eigenvalue weighted by Crippen LogP contribution is 2.32. The van der Waals surface area contributed by atoms with Crippen LogP contribution in [0.2, 0.25) is 0 Å². The van der Waals surface area contributed by atoms with Crippen LogP contribution in [0.15, 0.2) is 24.4 Å². The number of halogens is 1. The van der Waals surface area contributed by atoms with Crippen molar-refractivity contribution in [2.75, 3.05) is 12.3 Å². The largest absolute Gasteiger partial charge is 0.488 e. The summed E-state index contributed by atoms with van der Waals surface area (Å²) in [6.45, 7) is 0.562. The van der Waals surface area contributed by atoms with Gasteiger partial charge in [0, 0.05) is 23.3 Å². The summed E-state index contributed by atoms with van der Waals surface area (Å²) in [5.41, 5.74) is 6.74. The van der Waals surface area contributed by atoms with E-state index in [0.717, 1.165) is 5.39 Å². The Morgan fingerprint density at radius 1 is 1.30 bits per heavy atom. The number of hydrogen-bond acceptors (Lipinski definition) is 3. The zero-order valence-corrected chi connectivity index (χ0v) is 11.4. The fourth-order valence-corrected chi connectivity index (χ4v) is 2.90. The molecule has 2 N–H and O–H groups in total. The van der Waals surface area contributed by atoms with E-state index in [1.807, 2.05) is 6.07 Å². The maximum absolute atomic E-state index is 14.1. The van der Waals surface area contributed by atoms with Crippen LogP contribution in [0, 0.1) is 11.7 Å². The summed E-state index contributed by atoms with van der Waals surface area (Å²) in [5.74, 6) is 0.337. The molecule has 4 heteroatoms. The van der Waals surface area contributed by atoms with Gasteiger partial charge in [-0.15, -0.1) is 0 Å². The highest BCUT2D eigenvalue weighted by molar-refractivity contribution is 5.94. The third-order valence-electron chi connectivity index (χ3n) is 4.02. The molecule has 0 saturated heterocycles.